The quantitative estimate of drug-likeness (QED) is 0.797. The molecule has 3 rings (SSSR count). The van der Waals surface area contributed by atoms with Crippen LogP contribution in [0.2, 0.25) is 0 Å². The largest absolute Gasteiger partial charge is 0.493 e. The molecule has 0 aliphatic heterocycles. The Hall–Kier alpha value is -2.82. The van der Waals surface area contributed by atoms with E-state index >= 15 is 0 Å². The van der Waals surface area contributed by atoms with E-state index in [1.165, 1.54) is 11.1 Å². The fourth-order valence-corrected chi connectivity index (χ4v) is 2.38. The van der Waals surface area contributed by atoms with Crippen molar-refractivity contribution in [1.29, 1.82) is 0 Å². The maximum Gasteiger partial charge on any atom is 0.181 e. The number of rotatable bonds is 4. The van der Waals surface area contributed by atoms with E-state index in [0.29, 0.717) is 23.1 Å². The van der Waals surface area contributed by atoms with E-state index in [0.717, 1.165) is 11.1 Å². The summed E-state index contributed by atoms with van der Waals surface area (Å²) >= 11 is 0. The summed E-state index contributed by atoms with van der Waals surface area (Å²) in [7, 11) is 3.23. The first-order valence-corrected chi connectivity index (χ1v) is 7.35. The summed E-state index contributed by atoms with van der Waals surface area (Å²) in [6.07, 6.45) is 0. The SMILES string of the molecule is COc1ccc(-c2nc(-c3ccc(C)c(C)c3)n[nH]2)cc1OC. The Bertz CT molecular complexity index is 840. The first kappa shape index (κ1) is 15.1. The Balaban J connectivity index is 1.97. The highest BCUT2D eigenvalue weighted by Crippen LogP contribution is 2.31. The molecule has 0 saturated heterocycles. The first-order chi connectivity index (χ1) is 11.1. The van der Waals surface area contributed by atoms with Crippen molar-refractivity contribution in [2.24, 2.45) is 0 Å². The van der Waals surface area contributed by atoms with Crippen LogP contribution >= 0.6 is 0 Å². The van der Waals surface area contributed by atoms with Crippen LogP contribution in [0.5, 0.6) is 11.5 Å². The minimum Gasteiger partial charge on any atom is -0.493 e. The first-order valence-electron chi connectivity index (χ1n) is 7.35. The van der Waals surface area contributed by atoms with Crippen molar-refractivity contribution in [2.75, 3.05) is 14.2 Å². The molecule has 0 spiro atoms. The number of ether oxygens (including phenoxy) is 2. The summed E-state index contributed by atoms with van der Waals surface area (Å²) in [4.78, 5) is 4.59. The number of nitrogens with one attached hydrogen (secondary N) is 1. The second kappa shape index (κ2) is 6.12. The summed E-state index contributed by atoms with van der Waals surface area (Å²) in [5.41, 5.74) is 4.37. The monoisotopic (exact) mass is 309 g/mol. The van der Waals surface area contributed by atoms with Gasteiger partial charge in [-0.1, -0.05) is 12.1 Å². The average molecular weight is 309 g/mol. The zero-order chi connectivity index (χ0) is 16.4. The highest BCUT2D eigenvalue weighted by molar-refractivity contribution is 5.64. The van der Waals surface area contributed by atoms with E-state index in [-0.39, 0.29) is 0 Å². The van der Waals surface area contributed by atoms with Crippen LogP contribution in [0, 0.1) is 13.8 Å². The van der Waals surface area contributed by atoms with Gasteiger partial charge in [-0.15, -0.1) is 0 Å². The highest BCUT2D eigenvalue weighted by atomic mass is 16.5. The van der Waals surface area contributed by atoms with Crippen molar-refractivity contribution in [3.63, 3.8) is 0 Å². The van der Waals surface area contributed by atoms with E-state index < -0.39 is 0 Å². The molecular weight excluding hydrogens is 290 g/mol. The number of aromatic amines is 1. The van der Waals surface area contributed by atoms with E-state index in [9.17, 15) is 0 Å². The molecule has 2 aromatic carbocycles. The topological polar surface area (TPSA) is 60.0 Å². The number of hydrogen-bond acceptors (Lipinski definition) is 4. The summed E-state index contributed by atoms with van der Waals surface area (Å²) in [6.45, 7) is 4.17. The van der Waals surface area contributed by atoms with Gasteiger partial charge in [0.05, 0.1) is 14.2 Å². The molecular formula is C18H19N3O2. The Morgan fingerprint density at radius 1 is 0.826 bits per heavy atom. The molecule has 0 unspecified atom stereocenters. The smallest absolute Gasteiger partial charge is 0.181 e. The second-order valence-corrected chi connectivity index (χ2v) is 5.38. The minimum absolute atomic E-state index is 0.661. The van der Waals surface area contributed by atoms with Crippen LogP contribution in [0.15, 0.2) is 36.4 Å². The molecule has 0 atom stereocenters. The predicted octanol–water partition coefficient (Wildman–Crippen LogP) is 3.77. The van der Waals surface area contributed by atoms with Crippen molar-refractivity contribution in [1.82, 2.24) is 15.2 Å². The molecule has 1 heterocycles. The third-order valence-electron chi connectivity index (χ3n) is 3.91. The molecule has 5 heteroatoms. The van der Waals surface area contributed by atoms with Crippen LogP contribution < -0.4 is 9.47 Å². The summed E-state index contributed by atoms with van der Waals surface area (Å²) < 4.78 is 10.6. The fourth-order valence-electron chi connectivity index (χ4n) is 2.38. The third-order valence-corrected chi connectivity index (χ3v) is 3.91. The molecule has 1 N–H and O–H groups in total. The Morgan fingerprint density at radius 3 is 2.26 bits per heavy atom. The van der Waals surface area contributed by atoms with Crippen LogP contribution in [0.25, 0.3) is 22.8 Å². The number of aryl methyl sites for hydroxylation is 2. The van der Waals surface area contributed by atoms with Crippen LogP contribution in [-0.2, 0) is 0 Å². The zero-order valence-electron chi connectivity index (χ0n) is 13.7. The van der Waals surface area contributed by atoms with Crippen LogP contribution in [0.4, 0.5) is 0 Å². The van der Waals surface area contributed by atoms with Crippen LogP contribution in [-0.4, -0.2) is 29.4 Å². The van der Waals surface area contributed by atoms with E-state index in [2.05, 4.69) is 41.2 Å². The fraction of sp³-hybridized carbons (Fsp3) is 0.222. The highest BCUT2D eigenvalue weighted by Gasteiger charge is 2.11. The normalized spacial score (nSPS) is 10.6. The average Bonchev–Trinajstić information content (AvgIpc) is 3.06. The third kappa shape index (κ3) is 2.90. The molecule has 0 saturated carbocycles. The van der Waals surface area contributed by atoms with Gasteiger partial charge in [0, 0.05) is 11.1 Å². The van der Waals surface area contributed by atoms with Crippen LogP contribution in [0.1, 0.15) is 11.1 Å². The van der Waals surface area contributed by atoms with Crippen molar-refractivity contribution in [3.05, 3.63) is 47.5 Å². The number of methoxy groups -OCH3 is 2. The van der Waals surface area contributed by atoms with E-state index in [4.69, 9.17) is 9.47 Å². The molecule has 23 heavy (non-hydrogen) atoms. The van der Waals surface area contributed by atoms with Gasteiger partial charge in [0.15, 0.2) is 23.1 Å². The molecule has 0 bridgehead atoms. The predicted molar refractivity (Wildman–Crippen MR) is 89.8 cm³/mol. The van der Waals surface area contributed by atoms with E-state index in [1.807, 2.05) is 24.3 Å². The maximum atomic E-state index is 5.33. The van der Waals surface area contributed by atoms with Crippen molar-refractivity contribution >= 4 is 0 Å². The maximum absolute atomic E-state index is 5.33. The van der Waals surface area contributed by atoms with Gasteiger partial charge in [0.1, 0.15) is 0 Å². The van der Waals surface area contributed by atoms with Crippen molar-refractivity contribution < 1.29 is 9.47 Å². The molecule has 0 fully saturated rings. The van der Waals surface area contributed by atoms with Gasteiger partial charge in [-0.2, -0.15) is 5.10 Å². The molecule has 0 amide bonds. The Morgan fingerprint density at radius 2 is 1.57 bits per heavy atom. The molecule has 0 radical (unpaired) electrons. The molecule has 0 aliphatic carbocycles. The van der Waals surface area contributed by atoms with Crippen molar-refractivity contribution in [3.8, 4) is 34.3 Å². The lowest BCUT2D eigenvalue weighted by molar-refractivity contribution is 0.355. The minimum atomic E-state index is 0.661. The summed E-state index contributed by atoms with van der Waals surface area (Å²) in [6, 6.07) is 11.9. The standard InChI is InChI=1S/C18H19N3O2/c1-11-5-6-13(9-12(11)2)17-19-18(21-20-17)14-7-8-15(22-3)16(10-14)23-4/h5-10H,1-4H3,(H,19,20,21). The van der Waals surface area contributed by atoms with Gasteiger partial charge in [-0.3, -0.25) is 5.10 Å². The molecule has 0 aliphatic rings. The number of aromatic nitrogens is 3. The molecule has 118 valence electrons. The number of nitrogens with zero attached hydrogens (tertiary/aromatic N) is 2. The Labute approximate surface area is 135 Å². The van der Waals surface area contributed by atoms with Gasteiger partial charge in [0.25, 0.3) is 0 Å². The summed E-state index contributed by atoms with van der Waals surface area (Å²) in [5.74, 6) is 2.72. The van der Waals surface area contributed by atoms with Gasteiger partial charge in [0.2, 0.25) is 0 Å². The number of benzene rings is 2. The van der Waals surface area contributed by atoms with Crippen LogP contribution in [0.3, 0.4) is 0 Å². The molecule has 1 aromatic heterocycles. The molecule has 3 aromatic rings. The van der Waals surface area contributed by atoms with Gasteiger partial charge >= 0.3 is 0 Å². The zero-order valence-corrected chi connectivity index (χ0v) is 13.7. The lowest BCUT2D eigenvalue weighted by atomic mass is 10.1. The van der Waals surface area contributed by atoms with Gasteiger partial charge < -0.3 is 9.47 Å². The number of hydrogen-bond donors (Lipinski definition) is 1. The lowest BCUT2D eigenvalue weighted by Crippen LogP contribution is -1.91. The van der Waals surface area contributed by atoms with Gasteiger partial charge in [-0.05, 0) is 49.2 Å². The lowest BCUT2D eigenvalue weighted by Gasteiger charge is -2.08. The molecule has 5 nitrogen and oxygen atoms in total. The second-order valence-electron chi connectivity index (χ2n) is 5.38. The summed E-state index contributed by atoms with van der Waals surface area (Å²) in [5, 5.41) is 7.31. The number of H-pyrrole nitrogens is 1. The van der Waals surface area contributed by atoms with Gasteiger partial charge in [-0.25, -0.2) is 4.98 Å². The van der Waals surface area contributed by atoms with Crippen molar-refractivity contribution in [2.45, 2.75) is 13.8 Å². The van der Waals surface area contributed by atoms with E-state index in [1.54, 1.807) is 14.2 Å². The Kier molecular flexibility index (Phi) is 4.02.